The summed E-state index contributed by atoms with van der Waals surface area (Å²) in [5.74, 6) is 0.239. The van der Waals surface area contributed by atoms with Gasteiger partial charge in [-0.05, 0) is 54.5 Å². The Labute approximate surface area is 154 Å². The monoisotopic (exact) mass is 348 g/mol. The van der Waals surface area contributed by atoms with Crippen molar-refractivity contribution in [3.8, 4) is 0 Å². The van der Waals surface area contributed by atoms with Gasteiger partial charge in [-0.15, -0.1) is 0 Å². The zero-order valence-corrected chi connectivity index (χ0v) is 14.9. The van der Waals surface area contributed by atoms with E-state index in [-0.39, 0.29) is 17.9 Å². The topological polar surface area (TPSA) is 49.4 Å². The Morgan fingerprint density at radius 3 is 2.62 bits per heavy atom. The van der Waals surface area contributed by atoms with Gasteiger partial charge >= 0.3 is 0 Å². The SMILES string of the molecule is O=C(Cc1ccc(N2CCCC2=O)cc1)NC1CCCc2ccccc21. The number of nitrogens with zero attached hydrogens (tertiary/aromatic N) is 1. The van der Waals surface area contributed by atoms with Gasteiger partial charge in [0.15, 0.2) is 0 Å². The summed E-state index contributed by atoms with van der Waals surface area (Å²) in [5.41, 5.74) is 4.51. The first-order valence-corrected chi connectivity index (χ1v) is 9.47. The molecule has 2 amide bonds. The van der Waals surface area contributed by atoms with Crippen molar-refractivity contribution >= 4 is 17.5 Å². The summed E-state index contributed by atoms with van der Waals surface area (Å²) in [4.78, 5) is 26.2. The smallest absolute Gasteiger partial charge is 0.227 e. The lowest BCUT2D eigenvalue weighted by atomic mass is 9.87. The van der Waals surface area contributed by atoms with Crippen molar-refractivity contribution in [1.29, 1.82) is 0 Å². The maximum absolute atomic E-state index is 12.5. The number of hydrogen-bond donors (Lipinski definition) is 1. The molecule has 0 aromatic heterocycles. The van der Waals surface area contributed by atoms with E-state index in [1.165, 1.54) is 11.1 Å². The highest BCUT2D eigenvalue weighted by atomic mass is 16.2. The second kappa shape index (κ2) is 7.32. The van der Waals surface area contributed by atoms with Crippen LogP contribution < -0.4 is 10.2 Å². The Kier molecular flexibility index (Phi) is 4.74. The molecule has 2 aromatic carbocycles. The molecule has 26 heavy (non-hydrogen) atoms. The molecule has 4 rings (SSSR count). The fourth-order valence-electron chi connectivity index (χ4n) is 4.05. The Bertz CT molecular complexity index is 813. The van der Waals surface area contributed by atoms with Crippen LogP contribution in [-0.2, 0) is 22.4 Å². The maximum Gasteiger partial charge on any atom is 0.227 e. The number of rotatable bonds is 4. The fourth-order valence-corrected chi connectivity index (χ4v) is 4.05. The van der Waals surface area contributed by atoms with Crippen molar-refractivity contribution in [2.75, 3.05) is 11.4 Å². The molecule has 2 aliphatic rings. The van der Waals surface area contributed by atoms with E-state index in [2.05, 4.69) is 23.5 Å². The van der Waals surface area contributed by atoms with Crippen LogP contribution in [0.4, 0.5) is 5.69 Å². The third kappa shape index (κ3) is 3.50. The van der Waals surface area contributed by atoms with Crippen LogP contribution in [0.5, 0.6) is 0 Å². The molecule has 4 heteroatoms. The van der Waals surface area contributed by atoms with Crippen LogP contribution >= 0.6 is 0 Å². The van der Waals surface area contributed by atoms with Crippen molar-refractivity contribution in [3.63, 3.8) is 0 Å². The van der Waals surface area contributed by atoms with Gasteiger partial charge in [0.25, 0.3) is 0 Å². The molecule has 1 heterocycles. The lowest BCUT2D eigenvalue weighted by Crippen LogP contribution is -2.32. The van der Waals surface area contributed by atoms with Gasteiger partial charge in [-0.1, -0.05) is 36.4 Å². The number of nitrogens with one attached hydrogen (secondary N) is 1. The van der Waals surface area contributed by atoms with Gasteiger partial charge in [-0.2, -0.15) is 0 Å². The lowest BCUT2D eigenvalue weighted by molar-refractivity contribution is -0.121. The summed E-state index contributed by atoms with van der Waals surface area (Å²) >= 11 is 0. The number of carbonyl (C=O) groups excluding carboxylic acids is 2. The third-order valence-corrected chi connectivity index (χ3v) is 5.39. The molecule has 1 unspecified atom stereocenters. The van der Waals surface area contributed by atoms with E-state index in [9.17, 15) is 9.59 Å². The summed E-state index contributed by atoms with van der Waals surface area (Å²) in [6.45, 7) is 0.791. The molecule has 134 valence electrons. The summed E-state index contributed by atoms with van der Waals surface area (Å²) < 4.78 is 0. The molecule has 0 spiro atoms. The minimum atomic E-state index is 0.0525. The zero-order valence-electron chi connectivity index (χ0n) is 14.9. The van der Waals surface area contributed by atoms with Gasteiger partial charge in [0.1, 0.15) is 0 Å². The number of fused-ring (bicyclic) bond motifs is 1. The number of amides is 2. The molecule has 1 fully saturated rings. The molecule has 4 nitrogen and oxygen atoms in total. The van der Waals surface area contributed by atoms with E-state index < -0.39 is 0 Å². The minimum Gasteiger partial charge on any atom is -0.349 e. The van der Waals surface area contributed by atoms with Gasteiger partial charge in [0.05, 0.1) is 12.5 Å². The second-order valence-corrected chi connectivity index (χ2v) is 7.20. The molecule has 1 aliphatic carbocycles. The van der Waals surface area contributed by atoms with Gasteiger partial charge in [0.2, 0.25) is 11.8 Å². The van der Waals surface area contributed by atoms with E-state index in [0.717, 1.165) is 43.5 Å². The molecule has 1 atom stereocenters. The number of anilines is 1. The van der Waals surface area contributed by atoms with Crippen LogP contribution in [0, 0.1) is 0 Å². The van der Waals surface area contributed by atoms with Crippen molar-refractivity contribution < 1.29 is 9.59 Å². The summed E-state index contributed by atoms with van der Waals surface area (Å²) in [6, 6.07) is 16.3. The van der Waals surface area contributed by atoms with Crippen molar-refractivity contribution in [2.45, 2.75) is 44.6 Å². The Morgan fingerprint density at radius 2 is 1.85 bits per heavy atom. The summed E-state index contributed by atoms with van der Waals surface area (Å²) in [6.07, 6.45) is 5.13. The molecule has 0 bridgehead atoms. The predicted octanol–water partition coefficient (Wildman–Crippen LogP) is 3.55. The largest absolute Gasteiger partial charge is 0.349 e. The van der Waals surface area contributed by atoms with Gasteiger partial charge in [0, 0.05) is 18.7 Å². The van der Waals surface area contributed by atoms with E-state index in [0.29, 0.717) is 12.8 Å². The van der Waals surface area contributed by atoms with Gasteiger partial charge in [-0.3, -0.25) is 9.59 Å². The normalized spacial score (nSPS) is 19.3. The van der Waals surface area contributed by atoms with Crippen molar-refractivity contribution in [1.82, 2.24) is 5.32 Å². The maximum atomic E-state index is 12.5. The third-order valence-electron chi connectivity index (χ3n) is 5.39. The van der Waals surface area contributed by atoms with Crippen LogP contribution in [0.15, 0.2) is 48.5 Å². The first-order chi connectivity index (χ1) is 12.7. The van der Waals surface area contributed by atoms with Crippen LogP contribution in [0.2, 0.25) is 0 Å². The van der Waals surface area contributed by atoms with Crippen LogP contribution in [0.25, 0.3) is 0 Å². The summed E-state index contributed by atoms with van der Waals surface area (Å²) in [7, 11) is 0. The number of benzene rings is 2. The Morgan fingerprint density at radius 1 is 1.04 bits per heavy atom. The Balaban J connectivity index is 1.39. The van der Waals surface area contributed by atoms with Gasteiger partial charge < -0.3 is 10.2 Å². The molecular formula is C22H24N2O2. The predicted molar refractivity (Wildman–Crippen MR) is 102 cm³/mol. The van der Waals surface area contributed by atoms with E-state index >= 15 is 0 Å². The van der Waals surface area contributed by atoms with Gasteiger partial charge in [-0.25, -0.2) is 0 Å². The van der Waals surface area contributed by atoms with Crippen LogP contribution in [0.3, 0.4) is 0 Å². The highest BCUT2D eigenvalue weighted by molar-refractivity contribution is 5.95. The molecule has 1 N–H and O–H groups in total. The quantitative estimate of drug-likeness (QED) is 0.919. The van der Waals surface area contributed by atoms with Crippen LogP contribution in [0.1, 0.15) is 48.4 Å². The zero-order chi connectivity index (χ0) is 17.9. The average molecular weight is 348 g/mol. The molecule has 0 radical (unpaired) electrons. The molecular weight excluding hydrogens is 324 g/mol. The number of aryl methyl sites for hydroxylation is 1. The van der Waals surface area contributed by atoms with Crippen molar-refractivity contribution in [2.24, 2.45) is 0 Å². The second-order valence-electron chi connectivity index (χ2n) is 7.20. The lowest BCUT2D eigenvalue weighted by Gasteiger charge is -2.26. The minimum absolute atomic E-state index is 0.0525. The number of carbonyl (C=O) groups is 2. The molecule has 1 saturated heterocycles. The first kappa shape index (κ1) is 16.8. The highest BCUT2D eigenvalue weighted by Crippen LogP contribution is 2.29. The van der Waals surface area contributed by atoms with E-state index in [4.69, 9.17) is 0 Å². The molecule has 1 aliphatic heterocycles. The Hall–Kier alpha value is -2.62. The van der Waals surface area contributed by atoms with E-state index in [1.807, 2.05) is 35.2 Å². The van der Waals surface area contributed by atoms with Crippen LogP contribution in [-0.4, -0.2) is 18.4 Å². The van der Waals surface area contributed by atoms with E-state index in [1.54, 1.807) is 0 Å². The first-order valence-electron chi connectivity index (χ1n) is 9.47. The fraction of sp³-hybridized carbons (Fsp3) is 0.364. The molecule has 0 saturated carbocycles. The number of hydrogen-bond acceptors (Lipinski definition) is 2. The summed E-state index contributed by atoms with van der Waals surface area (Å²) in [5, 5.41) is 3.20. The standard InChI is InChI=1S/C22H24N2O2/c25-21(23-20-8-3-6-17-5-1-2-7-19(17)20)15-16-10-12-18(13-11-16)24-14-4-9-22(24)26/h1-2,5,7,10-13,20H,3-4,6,8-9,14-15H2,(H,23,25). The average Bonchev–Trinajstić information content (AvgIpc) is 3.09. The molecule has 2 aromatic rings. The van der Waals surface area contributed by atoms with Crippen molar-refractivity contribution in [3.05, 3.63) is 65.2 Å². The highest BCUT2D eigenvalue weighted by Gasteiger charge is 2.23.